The highest BCUT2D eigenvalue weighted by Gasteiger charge is 2.19. The molecule has 146 valence electrons. The Morgan fingerprint density at radius 2 is 1.82 bits per heavy atom. The molecule has 0 radical (unpaired) electrons. The van der Waals surface area contributed by atoms with Gasteiger partial charge in [0.25, 0.3) is 5.91 Å². The van der Waals surface area contributed by atoms with Crippen LogP contribution >= 0.6 is 0 Å². The standard InChI is InChI=1S/C20H19NO6S/c1-12(13-8-9-18(28(3,24)25)17(10-13)26-2)21-19(22)16-11-27-20(23)15-7-5-4-6-14(15)16/h4-12H,1-3H3,(H,21,22). The van der Waals surface area contributed by atoms with E-state index in [-0.39, 0.29) is 16.2 Å². The second-order valence-electron chi connectivity index (χ2n) is 6.36. The maximum atomic E-state index is 12.7. The van der Waals surface area contributed by atoms with E-state index in [4.69, 9.17) is 9.15 Å². The van der Waals surface area contributed by atoms with Crippen LogP contribution < -0.4 is 15.7 Å². The first-order valence-corrected chi connectivity index (χ1v) is 10.3. The molecular formula is C20H19NO6S. The van der Waals surface area contributed by atoms with Crippen molar-refractivity contribution in [2.75, 3.05) is 13.4 Å². The number of sulfone groups is 1. The Bertz CT molecular complexity index is 1210. The van der Waals surface area contributed by atoms with E-state index < -0.39 is 27.4 Å². The van der Waals surface area contributed by atoms with Crippen LogP contribution in [0.3, 0.4) is 0 Å². The molecule has 2 aromatic carbocycles. The molecule has 0 fully saturated rings. The third-order valence-electron chi connectivity index (χ3n) is 4.40. The molecule has 7 nitrogen and oxygen atoms in total. The number of ether oxygens (including phenoxy) is 1. The zero-order valence-corrected chi connectivity index (χ0v) is 16.4. The molecule has 0 aliphatic heterocycles. The minimum absolute atomic E-state index is 0.0769. The molecule has 0 spiro atoms. The summed E-state index contributed by atoms with van der Waals surface area (Å²) < 4.78 is 33.8. The summed E-state index contributed by atoms with van der Waals surface area (Å²) in [5, 5.41) is 3.64. The Labute approximate surface area is 161 Å². The van der Waals surface area contributed by atoms with E-state index in [0.717, 1.165) is 12.5 Å². The molecule has 1 aromatic heterocycles. The van der Waals surface area contributed by atoms with Crippen LogP contribution in [0.15, 0.2) is 62.8 Å². The first-order chi connectivity index (χ1) is 13.2. The number of methoxy groups -OCH3 is 1. The minimum atomic E-state index is -3.44. The van der Waals surface area contributed by atoms with Crippen molar-refractivity contribution in [2.24, 2.45) is 0 Å². The summed E-state index contributed by atoms with van der Waals surface area (Å²) in [7, 11) is -2.05. The van der Waals surface area contributed by atoms with Gasteiger partial charge >= 0.3 is 5.63 Å². The van der Waals surface area contributed by atoms with Crippen molar-refractivity contribution >= 4 is 26.5 Å². The van der Waals surface area contributed by atoms with Crippen molar-refractivity contribution in [1.82, 2.24) is 5.32 Å². The highest BCUT2D eigenvalue weighted by molar-refractivity contribution is 7.90. The maximum Gasteiger partial charge on any atom is 0.343 e. The van der Waals surface area contributed by atoms with Gasteiger partial charge in [-0.1, -0.05) is 24.3 Å². The van der Waals surface area contributed by atoms with Crippen LogP contribution in [-0.2, 0) is 9.84 Å². The molecular weight excluding hydrogens is 382 g/mol. The number of carbonyl (C=O) groups is 1. The minimum Gasteiger partial charge on any atom is -0.495 e. The predicted octanol–water partition coefficient (Wildman–Crippen LogP) is 2.70. The highest BCUT2D eigenvalue weighted by Crippen LogP contribution is 2.28. The van der Waals surface area contributed by atoms with Gasteiger partial charge in [0.15, 0.2) is 9.84 Å². The third-order valence-corrected chi connectivity index (χ3v) is 5.54. The quantitative estimate of drug-likeness (QED) is 0.705. The number of hydrogen-bond acceptors (Lipinski definition) is 6. The number of rotatable bonds is 5. The summed E-state index contributed by atoms with van der Waals surface area (Å²) in [5.41, 5.74) is 0.391. The van der Waals surface area contributed by atoms with Gasteiger partial charge in [0, 0.05) is 11.6 Å². The van der Waals surface area contributed by atoms with E-state index in [9.17, 15) is 18.0 Å². The average Bonchev–Trinajstić information content (AvgIpc) is 2.67. The molecule has 0 saturated heterocycles. The molecule has 0 aliphatic carbocycles. The summed E-state index contributed by atoms with van der Waals surface area (Å²) in [6, 6.07) is 10.9. The molecule has 3 aromatic rings. The Morgan fingerprint density at radius 3 is 2.46 bits per heavy atom. The van der Waals surface area contributed by atoms with Crippen molar-refractivity contribution in [1.29, 1.82) is 0 Å². The molecule has 3 rings (SSSR count). The van der Waals surface area contributed by atoms with Crippen molar-refractivity contribution in [3.8, 4) is 5.75 Å². The van der Waals surface area contributed by atoms with Crippen LogP contribution in [-0.4, -0.2) is 27.7 Å². The smallest absolute Gasteiger partial charge is 0.343 e. The predicted molar refractivity (Wildman–Crippen MR) is 104 cm³/mol. The van der Waals surface area contributed by atoms with Crippen LogP contribution in [0, 0.1) is 0 Å². The molecule has 28 heavy (non-hydrogen) atoms. The lowest BCUT2D eigenvalue weighted by molar-refractivity contribution is 0.0939. The first-order valence-electron chi connectivity index (χ1n) is 8.41. The summed E-state index contributed by atoms with van der Waals surface area (Å²) in [6.07, 6.45) is 2.24. The number of fused-ring (bicyclic) bond motifs is 1. The molecule has 0 bridgehead atoms. The van der Waals surface area contributed by atoms with Gasteiger partial charge in [-0.15, -0.1) is 0 Å². The van der Waals surface area contributed by atoms with E-state index in [0.29, 0.717) is 16.3 Å². The van der Waals surface area contributed by atoms with Gasteiger partial charge in [-0.3, -0.25) is 4.79 Å². The summed E-state index contributed by atoms with van der Waals surface area (Å²) in [4.78, 5) is 24.6. The summed E-state index contributed by atoms with van der Waals surface area (Å²) in [5.74, 6) is -0.212. The lowest BCUT2D eigenvalue weighted by atomic mass is 10.1. The van der Waals surface area contributed by atoms with E-state index in [1.807, 2.05) is 0 Å². The van der Waals surface area contributed by atoms with E-state index in [1.54, 1.807) is 43.3 Å². The lowest BCUT2D eigenvalue weighted by Crippen LogP contribution is -2.27. The van der Waals surface area contributed by atoms with Crippen molar-refractivity contribution in [3.05, 3.63) is 70.3 Å². The first kappa shape index (κ1) is 19.6. The normalized spacial score (nSPS) is 12.5. The van der Waals surface area contributed by atoms with Crippen molar-refractivity contribution in [3.63, 3.8) is 0 Å². The molecule has 1 heterocycles. The molecule has 0 saturated carbocycles. The molecule has 0 aliphatic rings. The van der Waals surface area contributed by atoms with E-state index >= 15 is 0 Å². The highest BCUT2D eigenvalue weighted by atomic mass is 32.2. The number of nitrogens with one attached hydrogen (secondary N) is 1. The fourth-order valence-electron chi connectivity index (χ4n) is 2.93. The second-order valence-corrected chi connectivity index (χ2v) is 8.34. The third kappa shape index (κ3) is 3.77. The van der Waals surface area contributed by atoms with Gasteiger partial charge in [-0.05, 0) is 30.7 Å². The Kier molecular flexibility index (Phi) is 5.24. The van der Waals surface area contributed by atoms with Crippen molar-refractivity contribution < 1.29 is 22.4 Å². The van der Waals surface area contributed by atoms with Gasteiger partial charge < -0.3 is 14.5 Å². The second kappa shape index (κ2) is 7.47. The zero-order valence-electron chi connectivity index (χ0n) is 15.6. The number of hydrogen-bond donors (Lipinski definition) is 1. The van der Waals surface area contributed by atoms with Crippen LogP contribution in [0.25, 0.3) is 10.8 Å². The average molecular weight is 401 g/mol. The number of carbonyl (C=O) groups excluding carboxylic acids is 1. The summed E-state index contributed by atoms with van der Waals surface area (Å²) in [6.45, 7) is 1.76. The topological polar surface area (TPSA) is 103 Å². The lowest BCUT2D eigenvalue weighted by Gasteiger charge is -2.17. The molecule has 1 atom stereocenters. The molecule has 1 amide bonds. The number of amides is 1. The van der Waals surface area contributed by atoms with Gasteiger partial charge in [-0.2, -0.15) is 0 Å². The molecule has 1 N–H and O–H groups in total. The number of benzene rings is 2. The van der Waals surface area contributed by atoms with Crippen LogP contribution in [0.5, 0.6) is 5.75 Å². The van der Waals surface area contributed by atoms with Crippen LogP contribution in [0.4, 0.5) is 0 Å². The zero-order chi connectivity index (χ0) is 20.5. The van der Waals surface area contributed by atoms with Crippen LogP contribution in [0.1, 0.15) is 28.9 Å². The fourth-order valence-corrected chi connectivity index (χ4v) is 3.75. The maximum absolute atomic E-state index is 12.7. The summed E-state index contributed by atoms with van der Waals surface area (Å²) >= 11 is 0. The van der Waals surface area contributed by atoms with Gasteiger partial charge in [0.2, 0.25) is 0 Å². The van der Waals surface area contributed by atoms with Gasteiger partial charge in [0.05, 0.1) is 24.1 Å². The van der Waals surface area contributed by atoms with Crippen LogP contribution in [0.2, 0.25) is 0 Å². The Morgan fingerprint density at radius 1 is 1.14 bits per heavy atom. The van der Waals surface area contributed by atoms with Gasteiger partial charge in [0.1, 0.15) is 16.9 Å². The Balaban J connectivity index is 1.92. The monoisotopic (exact) mass is 401 g/mol. The van der Waals surface area contributed by atoms with Gasteiger partial charge in [-0.25, -0.2) is 13.2 Å². The van der Waals surface area contributed by atoms with E-state index in [1.165, 1.54) is 13.2 Å². The SMILES string of the molecule is COc1cc(C(C)NC(=O)c2coc(=O)c3ccccc23)ccc1S(C)(=O)=O. The molecule has 1 unspecified atom stereocenters. The Hall–Kier alpha value is -3.13. The fraction of sp³-hybridized carbons (Fsp3) is 0.200. The van der Waals surface area contributed by atoms with E-state index in [2.05, 4.69) is 5.32 Å². The molecule has 8 heteroatoms. The van der Waals surface area contributed by atoms with Crippen molar-refractivity contribution in [2.45, 2.75) is 17.9 Å². The largest absolute Gasteiger partial charge is 0.495 e.